The van der Waals surface area contributed by atoms with Crippen LogP contribution in [0.25, 0.3) is 0 Å². The van der Waals surface area contributed by atoms with E-state index in [2.05, 4.69) is 0 Å². The summed E-state index contributed by atoms with van der Waals surface area (Å²) in [4.78, 5) is 9.89. The molecule has 1 aliphatic rings. The normalized spacial score (nSPS) is 34.3. The largest absolute Gasteiger partial charge is 0.480 e. The molecule has 0 amide bonds. The molecule has 1 saturated carbocycles. The second-order valence-electron chi connectivity index (χ2n) is 2.16. The molecule has 1 aliphatic carbocycles. The van der Waals surface area contributed by atoms with Gasteiger partial charge < -0.3 is 10.8 Å². The number of halogens is 3. The summed E-state index contributed by atoms with van der Waals surface area (Å²) in [6.45, 7) is 0. The molecule has 0 aliphatic heterocycles. The highest BCUT2D eigenvalue weighted by molar-refractivity contribution is 5.85. The Morgan fingerprint density at radius 1 is 1.60 bits per heavy atom. The molecular weight excluding hydrogens is 167 g/mol. The zero-order chi connectivity index (χ0) is 7.28. The Morgan fingerprint density at radius 3 is 1.90 bits per heavy atom. The van der Waals surface area contributed by atoms with Crippen molar-refractivity contribution < 1.29 is 18.7 Å². The van der Waals surface area contributed by atoms with Crippen molar-refractivity contribution >= 4 is 18.4 Å². The summed E-state index contributed by atoms with van der Waals surface area (Å²) in [7, 11) is 0. The number of carboxylic acids is 1. The van der Waals surface area contributed by atoms with Gasteiger partial charge >= 0.3 is 5.97 Å². The van der Waals surface area contributed by atoms with Gasteiger partial charge in [-0.05, 0) is 0 Å². The lowest BCUT2D eigenvalue weighted by Crippen LogP contribution is -2.38. The van der Waals surface area contributed by atoms with Crippen LogP contribution in [0.3, 0.4) is 0 Å². The van der Waals surface area contributed by atoms with Crippen molar-refractivity contribution in [3.05, 3.63) is 0 Å². The number of nitrogens with two attached hydrogens (primary N) is 1. The molecule has 10 heavy (non-hydrogen) atoms. The number of carboxylic acid groups (broad SMARTS) is 1. The van der Waals surface area contributed by atoms with Gasteiger partial charge in [0.1, 0.15) is 0 Å². The Balaban J connectivity index is 0.000000810. The van der Waals surface area contributed by atoms with Crippen molar-refractivity contribution in [3.8, 4) is 0 Å². The van der Waals surface area contributed by atoms with Gasteiger partial charge in [-0.15, -0.1) is 12.4 Å². The molecule has 1 atom stereocenters. The monoisotopic (exact) mass is 173 g/mol. The number of hydrogen-bond donors (Lipinski definition) is 2. The first-order valence-electron chi connectivity index (χ1n) is 2.30. The van der Waals surface area contributed by atoms with E-state index in [4.69, 9.17) is 10.8 Å². The minimum atomic E-state index is -3.20. The van der Waals surface area contributed by atoms with E-state index in [0.29, 0.717) is 0 Å². The molecule has 0 aromatic rings. The SMILES string of the molecule is Cl.N[C@@]1(C(=O)O)CC1(F)F. The van der Waals surface area contributed by atoms with Crippen molar-refractivity contribution in [1.82, 2.24) is 0 Å². The molecular formula is C4H6ClF2NO2. The lowest BCUT2D eigenvalue weighted by molar-refractivity contribution is -0.142. The predicted octanol–water partition coefficient (Wildman–Crippen LogP) is 0.229. The fourth-order valence-electron chi connectivity index (χ4n) is 0.538. The number of aliphatic carboxylic acids is 1. The van der Waals surface area contributed by atoms with E-state index in [1.807, 2.05) is 0 Å². The van der Waals surface area contributed by atoms with Gasteiger partial charge in [0.2, 0.25) is 0 Å². The van der Waals surface area contributed by atoms with E-state index in [1.165, 1.54) is 0 Å². The lowest BCUT2D eigenvalue weighted by Gasteiger charge is -2.00. The average Bonchev–Trinajstić information content (AvgIpc) is 2.08. The summed E-state index contributed by atoms with van der Waals surface area (Å²) < 4.78 is 23.9. The maximum absolute atomic E-state index is 11.9. The lowest BCUT2D eigenvalue weighted by atomic mass is 10.3. The van der Waals surface area contributed by atoms with Crippen LogP contribution in [0.4, 0.5) is 8.78 Å². The number of rotatable bonds is 1. The van der Waals surface area contributed by atoms with Crippen LogP contribution >= 0.6 is 12.4 Å². The highest BCUT2D eigenvalue weighted by Gasteiger charge is 2.74. The minimum Gasteiger partial charge on any atom is -0.480 e. The average molecular weight is 174 g/mol. The molecule has 0 spiro atoms. The Bertz CT molecular complexity index is 175. The van der Waals surface area contributed by atoms with Crippen LogP contribution in [0.5, 0.6) is 0 Å². The number of carbonyl (C=O) groups is 1. The highest BCUT2D eigenvalue weighted by atomic mass is 35.5. The van der Waals surface area contributed by atoms with Gasteiger partial charge in [0.05, 0.1) is 0 Å². The molecule has 0 radical (unpaired) electrons. The van der Waals surface area contributed by atoms with Crippen molar-refractivity contribution in [3.63, 3.8) is 0 Å². The number of alkyl halides is 2. The quantitative estimate of drug-likeness (QED) is 0.597. The van der Waals surface area contributed by atoms with Gasteiger partial charge in [-0.3, -0.25) is 0 Å². The molecule has 6 heteroatoms. The molecule has 3 nitrogen and oxygen atoms in total. The van der Waals surface area contributed by atoms with Crippen molar-refractivity contribution in [2.24, 2.45) is 5.73 Å². The second-order valence-corrected chi connectivity index (χ2v) is 2.16. The van der Waals surface area contributed by atoms with E-state index < -0.39 is 23.9 Å². The van der Waals surface area contributed by atoms with Gasteiger partial charge in [-0.2, -0.15) is 0 Å². The molecule has 3 N–H and O–H groups in total. The van der Waals surface area contributed by atoms with Gasteiger partial charge in [0.25, 0.3) is 5.92 Å². The summed E-state index contributed by atoms with van der Waals surface area (Å²) in [5.74, 6) is -4.83. The zero-order valence-electron chi connectivity index (χ0n) is 4.80. The third-order valence-corrected chi connectivity index (χ3v) is 1.41. The molecule has 1 fully saturated rings. The smallest absolute Gasteiger partial charge is 0.330 e. The van der Waals surface area contributed by atoms with Crippen LogP contribution in [-0.2, 0) is 4.79 Å². The fraction of sp³-hybridized carbons (Fsp3) is 0.750. The summed E-state index contributed by atoms with van der Waals surface area (Å²) in [6, 6.07) is 0. The summed E-state index contributed by atoms with van der Waals surface area (Å²) >= 11 is 0. The Kier molecular flexibility index (Phi) is 1.95. The molecule has 0 unspecified atom stereocenters. The van der Waals surface area contributed by atoms with Crippen LogP contribution in [0.1, 0.15) is 6.42 Å². The van der Waals surface area contributed by atoms with E-state index in [9.17, 15) is 13.6 Å². The summed E-state index contributed by atoms with van der Waals surface area (Å²) in [6.07, 6.45) is -0.741. The zero-order valence-corrected chi connectivity index (χ0v) is 5.62. The van der Waals surface area contributed by atoms with Crippen LogP contribution in [0.15, 0.2) is 0 Å². The van der Waals surface area contributed by atoms with E-state index >= 15 is 0 Å². The van der Waals surface area contributed by atoms with Crippen LogP contribution in [-0.4, -0.2) is 22.5 Å². The molecule has 60 valence electrons. The summed E-state index contributed by atoms with van der Waals surface area (Å²) in [5, 5.41) is 8.04. The van der Waals surface area contributed by atoms with Crippen LogP contribution in [0.2, 0.25) is 0 Å². The topological polar surface area (TPSA) is 63.3 Å². The maximum Gasteiger partial charge on any atom is 0.330 e. The Hall–Kier alpha value is -0.420. The standard InChI is InChI=1S/C4H5F2NO2.ClH/c5-4(6)1-3(4,7)2(8)9;/h1,7H2,(H,8,9);1H/t3-;/m1./s1. The van der Waals surface area contributed by atoms with E-state index in [-0.39, 0.29) is 12.4 Å². The van der Waals surface area contributed by atoms with Crippen molar-refractivity contribution in [1.29, 1.82) is 0 Å². The molecule has 0 aromatic carbocycles. The first-order chi connectivity index (χ1) is 3.90. The first kappa shape index (κ1) is 9.58. The first-order valence-corrected chi connectivity index (χ1v) is 2.30. The van der Waals surface area contributed by atoms with E-state index in [0.717, 1.165) is 0 Å². The van der Waals surface area contributed by atoms with Gasteiger partial charge in [0, 0.05) is 6.42 Å². The molecule has 0 aromatic heterocycles. The molecule has 0 heterocycles. The van der Waals surface area contributed by atoms with Crippen LogP contribution in [0, 0.1) is 0 Å². The number of hydrogen-bond acceptors (Lipinski definition) is 2. The fourth-order valence-corrected chi connectivity index (χ4v) is 0.538. The molecule has 0 saturated heterocycles. The van der Waals surface area contributed by atoms with Gasteiger partial charge in [-0.25, -0.2) is 13.6 Å². The van der Waals surface area contributed by atoms with Crippen LogP contribution < -0.4 is 5.73 Å². The summed E-state index contributed by atoms with van der Waals surface area (Å²) in [5.41, 5.74) is 2.45. The van der Waals surface area contributed by atoms with Crippen molar-refractivity contribution in [2.45, 2.75) is 17.9 Å². The highest BCUT2D eigenvalue weighted by Crippen LogP contribution is 2.50. The minimum absolute atomic E-state index is 0. The second kappa shape index (κ2) is 2.03. The van der Waals surface area contributed by atoms with Crippen molar-refractivity contribution in [2.75, 3.05) is 0 Å². The Labute approximate surface area is 61.6 Å². The molecule has 0 bridgehead atoms. The predicted molar refractivity (Wildman–Crippen MR) is 31.4 cm³/mol. The Morgan fingerprint density at radius 2 is 1.90 bits per heavy atom. The maximum atomic E-state index is 11.9. The third kappa shape index (κ3) is 0.951. The molecule has 1 rings (SSSR count). The third-order valence-electron chi connectivity index (χ3n) is 1.41. The van der Waals surface area contributed by atoms with Gasteiger partial charge in [-0.1, -0.05) is 0 Å². The van der Waals surface area contributed by atoms with E-state index in [1.54, 1.807) is 0 Å². The van der Waals surface area contributed by atoms with Gasteiger partial charge in [0.15, 0.2) is 5.54 Å².